The molecule has 0 aromatic heterocycles. The Kier molecular flexibility index (Phi) is 6.87. The second-order valence-corrected chi connectivity index (χ2v) is 7.73. The third-order valence-corrected chi connectivity index (χ3v) is 5.29. The fraction of sp³-hybridized carbons (Fsp3) is 0. The minimum absolute atomic E-state index is 0.0759. The van der Waals surface area contributed by atoms with Crippen LogP contribution in [0.4, 0.5) is 5.69 Å². The number of halogens is 2. The average Bonchev–Trinajstić information content (AvgIpc) is 2.70. The Morgan fingerprint density at radius 3 is 2.48 bits per heavy atom. The summed E-state index contributed by atoms with van der Waals surface area (Å²) in [6, 6.07) is 18.1. The molecule has 1 N–H and O–H groups in total. The molecule has 0 heterocycles. The highest BCUT2D eigenvalue weighted by Crippen LogP contribution is 2.32. The summed E-state index contributed by atoms with van der Waals surface area (Å²) in [4.78, 5) is 24.4. The molecule has 29 heavy (non-hydrogen) atoms. The quantitative estimate of drug-likeness (QED) is 0.294. The lowest BCUT2D eigenvalue weighted by Gasteiger charge is -2.06. The molecular formula is C20H13Cl2N3O3S. The molecule has 146 valence electrons. The molecule has 3 aromatic carbocycles. The van der Waals surface area contributed by atoms with Crippen molar-refractivity contribution in [3.05, 3.63) is 98.0 Å². The predicted octanol–water partition coefficient (Wildman–Crippen LogP) is 5.82. The fourth-order valence-corrected chi connectivity index (χ4v) is 3.54. The Morgan fingerprint density at radius 1 is 1.03 bits per heavy atom. The number of carbonyl (C=O) groups is 1. The van der Waals surface area contributed by atoms with Gasteiger partial charge in [-0.05, 0) is 48.5 Å². The van der Waals surface area contributed by atoms with E-state index in [-0.39, 0.29) is 5.69 Å². The highest BCUT2D eigenvalue weighted by atomic mass is 35.5. The summed E-state index contributed by atoms with van der Waals surface area (Å²) < 4.78 is 0. The number of nitro groups is 1. The summed E-state index contributed by atoms with van der Waals surface area (Å²) in [5.41, 5.74) is 3.16. The molecular weight excluding hydrogens is 433 g/mol. The number of hydrogen-bond acceptors (Lipinski definition) is 5. The van der Waals surface area contributed by atoms with Gasteiger partial charge in [-0.3, -0.25) is 14.9 Å². The van der Waals surface area contributed by atoms with Gasteiger partial charge in [0.1, 0.15) is 0 Å². The Balaban J connectivity index is 1.82. The fourth-order valence-electron chi connectivity index (χ4n) is 2.33. The summed E-state index contributed by atoms with van der Waals surface area (Å²) >= 11 is 13.2. The van der Waals surface area contributed by atoms with Gasteiger partial charge in [0.05, 0.1) is 11.1 Å². The van der Waals surface area contributed by atoms with Gasteiger partial charge in [-0.15, -0.1) is 0 Å². The van der Waals surface area contributed by atoms with Crippen LogP contribution in [0.5, 0.6) is 0 Å². The van der Waals surface area contributed by atoms with Gasteiger partial charge >= 0.3 is 0 Å². The first kappa shape index (κ1) is 20.9. The standard InChI is InChI=1S/C20H13Cl2N3O3S/c21-15-4-7-18(8-5-15)29-19-9-6-17(25(27)28)11-14(19)12-23-24-20(26)13-2-1-3-16(22)10-13/h1-12H,(H,24,26)/b23-12+. The van der Waals surface area contributed by atoms with Crippen LogP contribution in [0.2, 0.25) is 10.0 Å². The maximum absolute atomic E-state index is 12.2. The lowest BCUT2D eigenvalue weighted by Crippen LogP contribution is -2.17. The Hall–Kier alpha value is -2.87. The molecule has 0 saturated carbocycles. The van der Waals surface area contributed by atoms with E-state index in [4.69, 9.17) is 23.2 Å². The molecule has 0 atom stereocenters. The van der Waals surface area contributed by atoms with Crippen LogP contribution in [-0.2, 0) is 0 Å². The zero-order valence-electron chi connectivity index (χ0n) is 14.7. The van der Waals surface area contributed by atoms with Crippen molar-refractivity contribution in [3.63, 3.8) is 0 Å². The zero-order chi connectivity index (χ0) is 20.8. The van der Waals surface area contributed by atoms with E-state index in [1.165, 1.54) is 36.2 Å². The van der Waals surface area contributed by atoms with Crippen molar-refractivity contribution >= 4 is 52.8 Å². The second kappa shape index (κ2) is 9.56. The lowest BCUT2D eigenvalue weighted by molar-refractivity contribution is -0.384. The minimum Gasteiger partial charge on any atom is -0.267 e. The van der Waals surface area contributed by atoms with Gasteiger partial charge in [0.15, 0.2) is 0 Å². The Bertz CT molecular complexity index is 1090. The number of non-ortho nitro benzene ring substituents is 1. The molecule has 0 aliphatic rings. The van der Waals surface area contributed by atoms with Crippen LogP contribution in [0.1, 0.15) is 15.9 Å². The van der Waals surface area contributed by atoms with Crippen LogP contribution in [-0.4, -0.2) is 17.0 Å². The van der Waals surface area contributed by atoms with Crippen molar-refractivity contribution in [1.82, 2.24) is 5.43 Å². The van der Waals surface area contributed by atoms with Gasteiger partial charge in [0, 0.05) is 43.1 Å². The van der Waals surface area contributed by atoms with Crippen LogP contribution < -0.4 is 5.43 Å². The minimum atomic E-state index is -0.487. The molecule has 3 aromatic rings. The van der Waals surface area contributed by atoms with Crippen LogP contribution in [0, 0.1) is 10.1 Å². The second-order valence-electron chi connectivity index (χ2n) is 5.74. The molecule has 0 aliphatic heterocycles. The van der Waals surface area contributed by atoms with Crippen LogP contribution >= 0.6 is 35.0 Å². The largest absolute Gasteiger partial charge is 0.271 e. The number of nitrogens with zero attached hydrogens (tertiary/aromatic N) is 2. The van der Waals surface area contributed by atoms with Gasteiger partial charge in [0.25, 0.3) is 11.6 Å². The van der Waals surface area contributed by atoms with Crippen molar-refractivity contribution in [1.29, 1.82) is 0 Å². The van der Waals surface area contributed by atoms with Crippen molar-refractivity contribution in [2.75, 3.05) is 0 Å². The Labute approximate surface area is 180 Å². The molecule has 0 aliphatic carbocycles. The van der Waals surface area contributed by atoms with Crippen molar-refractivity contribution in [3.8, 4) is 0 Å². The molecule has 3 rings (SSSR count). The zero-order valence-corrected chi connectivity index (χ0v) is 17.0. The van der Waals surface area contributed by atoms with E-state index in [9.17, 15) is 14.9 Å². The number of rotatable bonds is 6. The van der Waals surface area contributed by atoms with E-state index in [0.717, 1.165) is 9.79 Å². The van der Waals surface area contributed by atoms with E-state index in [1.54, 1.807) is 36.4 Å². The molecule has 1 amide bonds. The van der Waals surface area contributed by atoms with Crippen molar-refractivity contribution in [2.45, 2.75) is 9.79 Å². The molecule has 0 saturated heterocycles. The number of benzene rings is 3. The first-order chi connectivity index (χ1) is 13.9. The van der Waals surface area contributed by atoms with Crippen LogP contribution in [0.25, 0.3) is 0 Å². The highest BCUT2D eigenvalue weighted by molar-refractivity contribution is 7.99. The normalized spacial score (nSPS) is 10.8. The van der Waals surface area contributed by atoms with Gasteiger partial charge in [-0.1, -0.05) is 41.0 Å². The van der Waals surface area contributed by atoms with Crippen molar-refractivity contribution < 1.29 is 9.72 Å². The summed E-state index contributed by atoms with van der Waals surface area (Å²) in [7, 11) is 0. The molecule has 0 radical (unpaired) electrons. The molecule has 0 unspecified atom stereocenters. The van der Waals surface area contributed by atoms with Gasteiger partial charge in [-0.2, -0.15) is 5.10 Å². The van der Waals surface area contributed by atoms with E-state index >= 15 is 0 Å². The number of hydrogen-bond donors (Lipinski definition) is 1. The first-order valence-corrected chi connectivity index (χ1v) is 9.80. The number of amides is 1. The number of nitrogens with one attached hydrogen (secondary N) is 1. The number of carbonyl (C=O) groups excluding carboxylic acids is 1. The van der Waals surface area contributed by atoms with E-state index in [2.05, 4.69) is 10.5 Å². The number of hydrazone groups is 1. The van der Waals surface area contributed by atoms with E-state index in [0.29, 0.717) is 21.2 Å². The lowest BCUT2D eigenvalue weighted by atomic mass is 10.2. The topological polar surface area (TPSA) is 84.6 Å². The average molecular weight is 446 g/mol. The molecule has 6 nitrogen and oxygen atoms in total. The van der Waals surface area contributed by atoms with Crippen molar-refractivity contribution in [2.24, 2.45) is 5.10 Å². The predicted molar refractivity (Wildman–Crippen MR) is 115 cm³/mol. The summed E-state index contributed by atoms with van der Waals surface area (Å²) in [5.74, 6) is -0.443. The smallest absolute Gasteiger partial charge is 0.267 e. The Morgan fingerprint density at radius 2 is 1.79 bits per heavy atom. The summed E-state index contributed by atoms with van der Waals surface area (Å²) in [6.07, 6.45) is 1.37. The molecule has 0 spiro atoms. The monoisotopic (exact) mass is 445 g/mol. The van der Waals surface area contributed by atoms with E-state index < -0.39 is 10.8 Å². The third-order valence-electron chi connectivity index (χ3n) is 3.70. The van der Waals surface area contributed by atoms with Gasteiger partial charge in [0.2, 0.25) is 0 Å². The molecule has 0 bridgehead atoms. The van der Waals surface area contributed by atoms with Gasteiger partial charge in [-0.25, -0.2) is 5.43 Å². The third kappa shape index (κ3) is 5.80. The maximum atomic E-state index is 12.2. The SMILES string of the molecule is O=C(N/N=C/c1cc([N+](=O)[O-])ccc1Sc1ccc(Cl)cc1)c1cccc(Cl)c1. The van der Waals surface area contributed by atoms with Gasteiger partial charge < -0.3 is 0 Å². The molecule has 0 fully saturated rings. The summed E-state index contributed by atoms with van der Waals surface area (Å²) in [6.45, 7) is 0. The van der Waals surface area contributed by atoms with Crippen LogP contribution in [0.3, 0.4) is 0 Å². The highest BCUT2D eigenvalue weighted by Gasteiger charge is 2.11. The first-order valence-electron chi connectivity index (χ1n) is 8.23. The maximum Gasteiger partial charge on any atom is 0.271 e. The van der Waals surface area contributed by atoms with E-state index in [1.807, 2.05) is 12.1 Å². The molecule has 9 heteroatoms. The van der Waals surface area contributed by atoms with Crippen LogP contribution in [0.15, 0.2) is 81.6 Å². The summed E-state index contributed by atoms with van der Waals surface area (Å²) in [5, 5.41) is 16.1. The number of nitro benzene ring substituents is 1.